The Morgan fingerprint density at radius 3 is 2.06 bits per heavy atom. The molecule has 0 aliphatic carbocycles. The summed E-state index contributed by atoms with van der Waals surface area (Å²) in [5.41, 5.74) is 5.44. The highest BCUT2D eigenvalue weighted by Crippen LogP contribution is 2.28. The summed E-state index contributed by atoms with van der Waals surface area (Å²) in [7, 11) is 0. The predicted molar refractivity (Wildman–Crippen MR) is 145 cm³/mol. The Balaban J connectivity index is 1.30. The van der Waals surface area contributed by atoms with E-state index in [0.717, 1.165) is 54.3 Å². The standard InChI is InChI=1S/C32H32N2O/c1-25-23-34(24-26-12-5-2-6-13-26)21-20-31(25)35-30-19-11-18-29(22-30)33-32(27-14-7-3-8-15-27)28-16-9-4-10-17-28/h2-19,22,25,31H,20-21,23-24H2,1H3. The molecule has 0 radical (unpaired) electrons. The SMILES string of the molecule is CC1CN(Cc2ccccc2)CCC1Oc1cccc(N=C(c2ccccc2)c2ccccc2)c1. The van der Waals surface area contributed by atoms with Crippen molar-refractivity contribution in [1.82, 2.24) is 4.90 Å². The normalized spacial score (nSPS) is 18.1. The largest absolute Gasteiger partial charge is 0.490 e. The van der Waals surface area contributed by atoms with E-state index in [-0.39, 0.29) is 6.10 Å². The molecular formula is C32H32N2O. The van der Waals surface area contributed by atoms with Crippen LogP contribution in [0.1, 0.15) is 30.0 Å². The van der Waals surface area contributed by atoms with Crippen LogP contribution in [0.25, 0.3) is 0 Å². The van der Waals surface area contributed by atoms with E-state index in [1.54, 1.807) is 0 Å². The molecule has 0 spiro atoms. The van der Waals surface area contributed by atoms with Crippen molar-refractivity contribution in [3.63, 3.8) is 0 Å². The lowest BCUT2D eigenvalue weighted by molar-refractivity contribution is 0.0490. The summed E-state index contributed by atoms with van der Waals surface area (Å²) >= 11 is 0. The summed E-state index contributed by atoms with van der Waals surface area (Å²) in [6.07, 6.45) is 1.24. The number of rotatable bonds is 7. The molecule has 1 fully saturated rings. The van der Waals surface area contributed by atoms with Gasteiger partial charge in [-0.05, 0) is 24.1 Å². The average Bonchev–Trinajstić information content (AvgIpc) is 2.91. The van der Waals surface area contributed by atoms with E-state index in [4.69, 9.17) is 9.73 Å². The number of nitrogens with zero attached hydrogens (tertiary/aromatic N) is 2. The second-order valence-electron chi connectivity index (χ2n) is 9.33. The Morgan fingerprint density at radius 1 is 0.800 bits per heavy atom. The highest BCUT2D eigenvalue weighted by Gasteiger charge is 2.27. The van der Waals surface area contributed by atoms with Gasteiger partial charge in [0.2, 0.25) is 0 Å². The molecule has 4 aromatic rings. The van der Waals surface area contributed by atoms with Crippen LogP contribution in [-0.2, 0) is 6.54 Å². The van der Waals surface area contributed by atoms with Gasteiger partial charge in [-0.15, -0.1) is 0 Å². The van der Waals surface area contributed by atoms with Crippen molar-refractivity contribution in [1.29, 1.82) is 0 Å². The van der Waals surface area contributed by atoms with Crippen LogP contribution in [0.3, 0.4) is 0 Å². The molecule has 0 amide bonds. The molecule has 0 bridgehead atoms. The van der Waals surface area contributed by atoms with Crippen LogP contribution < -0.4 is 4.74 Å². The number of hydrogen-bond acceptors (Lipinski definition) is 3. The lowest BCUT2D eigenvalue weighted by atomic mass is 9.96. The van der Waals surface area contributed by atoms with Crippen LogP contribution in [0.15, 0.2) is 120 Å². The maximum atomic E-state index is 6.50. The van der Waals surface area contributed by atoms with E-state index >= 15 is 0 Å². The van der Waals surface area contributed by atoms with Crippen molar-refractivity contribution in [3.8, 4) is 5.75 Å². The molecule has 1 aliphatic rings. The third-order valence-electron chi connectivity index (χ3n) is 6.60. The first kappa shape index (κ1) is 23.1. The Kier molecular flexibility index (Phi) is 7.35. The van der Waals surface area contributed by atoms with Crippen LogP contribution in [0.2, 0.25) is 0 Å². The molecule has 2 atom stereocenters. The Morgan fingerprint density at radius 2 is 1.43 bits per heavy atom. The maximum Gasteiger partial charge on any atom is 0.121 e. The zero-order valence-corrected chi connectivity index (χ0v) is 20.3. The van der Waals surface area contributed by atoms with Crippen molar-refractivity contribution in [2.75, 3.05) is 13.1 Å². The van der Waals surface area contributed by atoms with E-state index in [1.807, 2.05) is 30.3 Å². The summed E-state index contributed by atoms with van der Waals surface area (Å²) < 4.78 is 6.50. The Hall–Kier alpha value is -3.69. The number of benzene rings is 4. The van der Waals surface area contributed by atoms with Crippen LogP contribution in [0, 0.1) is 5.92 Å². The van der Waals surface area contributed by atoms with Gasteiger partial charge in [0, 0.05) is 42.7 Å². The lowest BCUT2D eigenvalue weighted by Gasteiger charge is -2.37. The number of likely N-dealkylation sites (tertiary alicyclic amines) is 1. The van der Waals surface area contributed by atoms with Gasteiger partial charge in [0.05, 0.1) is 11.4 Å². The maximum absolute atomic E-state index is 6.50. The first-order valence-electron chi connectivity index (χ1n) is 12.5. The van der Waals surface area contributed by atoms with Crippen LogP contribution >= 0.6 is 0 Å². The second kappa shape index (κ2) is 11.2. The van der Waals surface area contributed by atoms with Crippen molar-refractivity contribution in [2.45, 2.75) is 26.0 Å². The Bertz CT molecular complexity index is 1200. The van der Waals surface area contributed by atoms with Crippen molar-refractivity contribution >= 4 is 11.4 Å². The van der Waals surface area contributed by atoms with Crippen LogP contribution in [0.5, 0.6) is 5.75 Å². The fourth-order valence-electron chi connectivity index (χ4n) is 4.79. The van der Waals surface area contributed by atoms with Crippen LogP contribution in [0.4, 0.5) is 5.69 Å². The Labute approximate surface area is 208 Å². The molecule has 1 saturated heterocycles. The van der Waals surface area contributed by atoms with Crippen LogP contribution in [-0.4, -0.2) is 29.8 Å². The molecule has 0 N–H and O–H groups in total. The number of hydrogen-bond donors (Lipinski definition) is 0. The third kappa shape index (κ3) is 6.06. The summed E-state index contributed by atoms with van der Waals surface area (Å²) in [4.78, 5) is 7.59. The van der Waals surface area contributed by atoms with E-state index < -0.39 is 0 Å². The highest BCUT2D eigenvalue weighted by atomic mass is 16.5. The summed E-state index contributed by atoms with van der Waals surface area (Å²) in [6.45, 7) is 5.40. The van der Waals surface area contributed by atoms with Crippen molar-refractivity contribution in [3.05, 3.63) is 132 Å². The molecule has 1 heterocycles. The van der Waals surface area contributed by atoms with Crippen molar-refractivity contribution in [2.24, 2.45) is 10.9 Å². The van der Waals surface area contributed by atoms with Gasteiger partial charge >= 0.3 is 0 Å². The number of aliphatic imine (C=N–C) groups is 1. The van der Waals surface area contributed by atoms with Gasteiger partial charge in [0.15, 0.2) is 0 Å². The highest BCUT2D eigenvalue weighted by molar-refractivity contribution is 6.13. The van der Waals surface area contributed by atoms with Gasteiger partial charge in [-0.3, -0.25) is 4.90 Å². The van der Waals surface area contributed by atoms with E-state index in [9.17, 15) is 0 Å². The quantitative estimate of drug-likeness (QED) is 0.274. The molecule has 35 heavy (non-hydrogen) atoms. The zero-order chi connectivity index (χ0) is 23.9. The van der Waals surface area contributed by atoms with E-state index in [0.29, 0.717) is 5.92 Å². The molecule has 5 rings (SSSR count). The molecule has 176 valence electrons. The molecule has 0 saturated carbocycles. The minimum atomic E-state index is 0.212. The van der Waals surface area contributed by atoms with Gasteiger partial charge in [0.1, 0.15) is 11.9 Å². The van der Waals surface area contributed by atoms with Gasteiger partial charge in [0.25, 0.3) is 0 Å². The minimum Gasteiger partial charge on any atom is -0.490 e. The predicted octanol–water partition coefficient (Wildman–Crippen LogP) is 7.15. The molecule has 2 unspecified atom stereocenters. The van der Waals surface area contributed by atoms with E-state index in [2.05, 4.69) is 96.8 Å². The zero-order valence-electron chi connectivity index (χ0n) is 20.3. The first-order chi connectivity index (χ1) is 17.2. The lowest BCUT2D eigenvalue weighted by Crippen LogP contribution is -2.43. The smallest absolute Gasteiger partial charge is 0.121 e. The average molecular weight is 461 g/mol. The summed E-state index contributed by atoms with van der Waals surface area (Å²) in [6, 6.07) is 39.6. The molecule has 3 heteroatoms. The molecular weight excluding hydrogens is 428 g/mol. The molecule has 3 nitrogen and oxygen atoms in total. The van der Waals surface area contributed by atoms with Gasteiger partial charge in [-0.2, -0.15) is 0 Å². The molecule has 4 aromatic carbocycles. The summed E-state index contributed by atoms with van der Waals surface area (Å²) in [5.74, 6) is 1.35. The monoisotopic (exact) mass is 460 g/mol. The summed E-state index contributed by atoms with van der Waals surface area (Å²) in [5, 5.41) is 0. The fourth-order valence-corrected chi connectivity index (χ4v) is 4.79. The van der Waals surface area contributed by atoms with Crippen molar-refractivity contribution < 1.29 is 4.74 Å². The molecule has 1 aliphatic heterocycles. The fraction of sp³-hybridized carbons (Fsp3) is 0.219. The second-order valence-corrected chi connectivity index (χ2v) is 9.33. The molecule has 0 aromatic heterocycles. The van der Waals surface area contributed by atoms with Gasteiger partial charge < -0.3 is 4.74 Å². The topological polar surface area (TPSA) is 24.8 Å². The van der Waals surface area contributed by atoms with Gasteiger partial charge in [-0.1, -0.05) is 104 Å². The van der Waals surface area contributed by atoms with E-state index in [1.165, 1.54) is 5.56 Å². The van der Waals surface area contributed by atoms with Gasteiger partial charge in [-0.25, -0.2) is 4.99 Å². The third-order valence-corrected chi connectivity index (χ3v) is 6.60. The minimum absolute atomic E-state index is 0.212. The number of ether oxygens (including phenoxy) is 1. The first-order valence-corrected chi connectivity index (χ1v) is 12.5. The number of piperidine rings is 1.